The molecule has 2 N–H and O–H groups in total. The fourth-order valence-electron chi connectivity index (χ4n) is 5.07. The van der Waals surface area contributed by atoms with Crippen molar-refractivity contribution in [2.45, 2.75) is 50.2 Å². The number of β-amino-alcohol motifs (C(OH)–C–C–N with tert-alkyl or cyclic N) is 1. The van der Waals surface area contributed by atoms with E-state index in [2.05, 4.69) is 22.4 Å². The Hall–Kier alpha value is -3.02. The summed E-state index contributed by atoms with van der Waals surface area (Å²) in [4.78, 5) is 17.1. The maximum atomic E-state index is 13.6. The maximum Gasteiger partial charge on any atom is 0.322 e. The first-order valence-corrected chi connectivity index (χ1v) is 11.9. The first-order valence-electron chi connectivity index (χ1n) is 11.9. The van der Waals surface area contributed by atoms with Gasteiger partial charge in [0.1, 0.15) is 0 Å². The van der Waals surface area contributed by atoms with Crippen LogP contribution in [0.4, 0.5) is 19.3 Å². The highest BCUT2D eigenvalue weighted by Gasteiger charge is 2.31. The van der Waals surface area contributed by atoms with Gasteiger partial charge in [0, 0.05) is 44.0 Å². The summed E-state index contributed by atoms with van der Waals surface area (Å²) in [6.45, 7) is 2.52. The lowest BCUT2D eigenvalue weighted by Crippen LogP contribution is -2.47. The van der Waals surface area contributed by atoms with Crippen molar-refractivity contribution in [2.24, 2.45) is 0 Å². The van der Waals surface area contributed by atoms with E-state index < -0.39 is 11.6 Å². The van der Waals surface area contributed by atoms with Crippen LogP contribution in [0.1, 0.15) is 49.1 Å². The lowest BCUT2D eigenvalue weighted by Gasteiger charge is -2.38. The molecule has 0 spiro atoms. The average Bonchev–Trinajstić information content (AvgIpc) is 3.27. The van der Waals surface area contributed by atoms with E-state index in [1.807, 2.05) is 12.1 Å². The highest BCUT2D eigenvalue weighted by molar-refractivity contribution is 5.89. The number of carbonyl (C=O) groups is 1. The minimum absolute atomic E-state index is 0.0215. The van der Waals surface area contributed by atoms with Gasteiger partial charge >= 0.3 is 6.03 Å². The smallest absolute Gasteiger partial charge is 0.322 e. The number of carbonyl (C=O) groups excluding carboxylic acids is 1. The molecule has 6 nitrogen and oxygen atoms in total. The van der Waals surface area contributed by atoms with E-state index in [1.165, 1.54) is 6.07 Å². The van der Waals surface area contributed by atoms with Gasteiger partial charge in [0.15, 0.2) is 11.6 Å². The Balaban J connectivity index is 1.43. The number of nitriles is 1. The van der Waals surface area contributed by atoms with Crippen molar-refractivity contribution in [1.82, 2.24) is 9.80 Å². The van der Waals surface area contributed by atoms with Crippen LogP contribution in [-0.4, -0.2) is 59.3 Å². The molecular weight excluding hydrogens is 438 g/mol. The van der Waals surface area contributed by atoms with Crippen LogP contribution in [0, 0.1) is 23.0 Å². The first kappa shape index (κ1) is 24.1. The van der Waals surface area contributed by atoms with E-state index in [0.717, 1.165) is 56.3 Å². The van der Waals surface area contributed by atoms with E-state index in [1.54, 1.807) is 11.0 Å². The zero-order chi connectivity index (χ0) is 24.1. The van der Waals surface area contributed by atoms with Crippen LogP contribution in [-0.2, 0) is 0 Å². The molecule has 0 unspecified atom stereocenters. The Morgan fingerprint density at radius 2 is 1.91 bits per heavy atom. The van der Waals surface area contributed by atoms with E-state index in [0.29, 0.717) is 31.1 Å². The molecule has 34 heavy (non-hydrogen) atoms. The number of likely N-dealkylation sites (tertiary alicyclic amines) is 1. The Bertz CT molecular complexity index is 1050. The Kier molecular flexibility index (Phi) is 7.76. The summed E-state index contributed by atoms with van der Waals surface area (Å²) in [6.07, 6.45) is 3.83. The highest BCUT2D eigenvalue weighted by Crippen LogP contribution is 2.35. The molecule has 0 radical (unpaired) electrons. The third kappa shape index (κ3) is 5.91. The summed E-state index contributed by atoms with van der Waals surface area (Å²) in [5, 5.41) is 21.7. The predicted octanol–water partition coefficient (Wildman–Crippen LogP) is 4.46. The van der Waals surface area contributed by atoms with Crippen LogP contribution < -0.4 is 5.32 Å². The Labute approximate surface area is 198 Å². The van der Waals surface area contributed by atoms with E-state index >= 15 is 0 Å². The highest BCUT2D eigenvalue weighted by atomic mass is 19.2. The first-order chi connectivity index (χ1) is 16.4. The second-order valence-electron chi connectivity index (χ2n) is 9.24. The SMILES string of the molecule is N#Cc1cccc([C@H]2CC[C@@H](N(CCN3CC[C@@H](O)C3)C(=O)Nc3ccc(F)c(F)c3)CC2)c1. The standard InChI is InChI=1S/C26H30F2N4O2/c27-24-9-6-21(15-25(24)28)30-26(34)32(13-12-31-11-10-23(33)17-31)22-7-4-19(5-8-22)20-3-1-2-18(14-20)16-29/h1-3,6,9,14-15,19,22-23,33H,4-5,7-8,10-13,17H2,(H,30,34)/t19-,22+,23-/m1/s1. The van der Waals surface area contributed by atoms with Gasteiger partial charge in [0.25, 0.3) is 0 Å². The largest absolute Gasteiger partial charge is 0.392 e. The van der Waals surface area contributed by atoms with Crippen LogP contribution in [0.3, 0.4) is 0 Å². The van der Waals surface area contributed by atoms with E-state index in [-0.39, 0.29) is 23.9 Å². The molecule has 1 atom stereocenters. The van der Waals surface area contributed by atoms with Crippen molar-refractivity contribution in [3.63, 3.8) is 0 Å². The zero-order valence-corrected chi connectivity index (χ0v) is 19.1. The summed E-state index contributed by atoms with van der Waals surface area (Å²) in [5.74, 6) is -1.62. The third-order valence-corrected chi connectivity index (χ3v) is 6.96. The van der Waals surface area contributed by atoms with Gasteiger partial charge in [-0.2, -0.15) is 5.26 Å². The topological polar surface area (TPSA) is 79.6 Å². The summed E-state index contributed by atoms with van der Waals surface area (Å²) in [5.41, 5.74) is 2.02. The molecule has 2 fully saturated rings. The van der Waals surface area contributed by atoms with Crippen molar-refractivity contribution in [3.05, 3.63) is 65.2 Å². The monoisotopic (exact) mass is 468 g/mol. The van der Waals surface area contributed by atoms with Crippen molar-refractivity contribution < 1.29 is 18.7 Å². The van der Waals surface area contributed by atoms with Crippen LogP contribution in [0.5, 0.6) is 0 Å². The second kappa shape index (κ2) is 10.9. The summed E-state index contributed by atoms with van der Waals surface area (Å²) >= 11 is 0. The Morgan fingerprint density at radius 1 is 1.12 bits per heavy atom. The predicted molar refractivity (Wildman–Crippen MR) is 125 cm³/mol. The van der Waals surface area contributed by atoms with Crippen LogP contribution in [0.15, 0.2) is 42.5 Å². The molecule has 0 aromatic heterocycles. The molecule has 2 amide bonds. The molecule has 0 bridgehead atoms. The van der Waals surface area contributed by atoms with Gasteiger partial charge in [-0.1, -0.05) is 12.1 Å². The average molecular weight is 469 g/mol. The number of anilines is 1. The van der Waals surface area contributed by atoms with Gasteiger partial charge < -0.3 is 15.3 Å². The number of nitrogens with one attached hydrogen (secondary N) is 1. The van der Waals surface area contributed by atoms with Gasteiger partial charge in [-0.15, -0.1) is 0 Å². The van der Waals surface area contributed by atoms with Crippen molar-refractivity contribution in [1.29, 1.82) is 5.26 Å². The maximum absolute atomic E-state index is 13.6. The molecule has 180 valence electrons. The minimum atomic E-state index is -1.00. The number of amides is 2. The molecular formula is C26H30F2N4O2. The zero-order valence-electron chi connectivity index (χ0n) is 19.1. The minimum Gasteiger partial charge on any atom is -0.392 e. The quantitative estimate of drug-likeness (QED) is 0.656. The lowest BCUT2D eigenvalue weighted by molar-refractivity contribution is 0.143. The normalized spacial score (nSPS) is 22.8. The molecule has 2 aromatic rings. The third-order valence-electron chi connectivity index (χ3n) is 6.96. The number of aliphatic hydroxyl groups excluding tert-OH is 1. The fourth-order valence-corrected chi connectivity index (χ4v) is 5.07. The number of hydrogen-bond acceptors (Lipinski definition) is 4. The molecule has 2 aliphatic rings. The van der Waals surface area contributed by atoms with Gasteiger partial charge in [0.05, 0.1) is 17.7 Å². The fraction of sp³-hybridized carbons (Fsp3) is 0.462. The number of benzene rings is 2. The number of hydrogen-bond donors (Lipinski definition) is 2. The van der Waals surface area contributed by atoms with Crippen molar-refractivity contribution in [3.8, 4) is 6.07 Å². The van der Waals surface area contributed by atoms with Gasteiger partial charge in [-0.3, -0.25) is 4.90 Å². The Morgan fingerprint density at radius 3 is 2.59 bits per heavy atom. The van der Waals surface area contributed by atoms with E-state index in [4.69, 9.17) is 0 Å². The molecule has 4 rings (SSSR count). The lowest BCUT2D eigenvalue weighted by atomic mass is 9.81. The molecule has 1 saturated carbocycles. The molecule has 1 saturated heterocycles. The summed E-state index contributed by atoms with van der Waals surface area (Å²) in [7, 11) is 0. The van der Waals surface area contributed by atoms with Gasteiger partial charge in [0.2, 0.25) is 0 Å². The van der Waals surface area contributed by atoms with Crippen molar-refractivity contribution >= 4 is 11.7 Å². The van der Waals surface area contributed by atoms with E-state index in [9.17, 15) is 23.9 Å². The number of nitrogens with zero attached hydrogens (tertiary/aromatic N) is 3. The van der Waals surface area contributed by atoms with Gasteiger partial charge in [-0.25, -0.2) is 13.6 Å². The number of aliphatic hydroxyl groups is 1. The summed E-state index contributed by atoms with van der Waals surface area (Å²) in [6, 6.07) is 12.9. The molecule has 8 heteroatoms. The summed E-state index contributed by atoms with van der Waals surface area (Å²) < 4.78 is 26.9. The van der Waals surface area contributed by atoms with Crippen LogP contribution in [0.2, 0.25) is 0 Å². The molecule has 1 heterocycles. The van der Waals surface area contributed by atoms with Gasteiger partial charge in [-0.05, 0) is 67.9 Å². The molecule has 2 aromatic carbocycles. The number of halogens is 2. The number of rotatable bonds is 6. The van der Waals surface area contributed by atoms with Crippen LogP contribution >= 0.6 is 0 Å². The molecule has 1 aliphatic heterocycles. The van der Waals surface area contributed by atoms with Crippen LogP contribution in [0.25, 0.3) is 0 Å². The molecule has 1 aliphatic carbocycles. The van der Waals surface area contributed by atoms with Crippen molar-refractivity contribution in [2.75, 3.05) is 31.5 Å². The second-order valence-corrected chi connectivity index (χ2v) is 9.24. The number of urea groups is 1.